The molecule has 2 amide bonds. The van der Waals surface area contributed by atoms with Crippen LogP contribution in [0.15, 0.2) is 53.1 Å². The van der Waals surface area contributed by atoms with Crippen LogP contribution in [0.1, 0.15) is 24.4 Å². The Balaban J connectivity index is 1.54. The molecule has 0 bridgehead atoms. The number of ether oxygens (including phenoxy) is 1. The fourth-order valence-electron chi connectivity index (χ4n) is 3.67. The van der Waals surface area contributed by atoms with E-state index in [1.807, 2.05) is 6.07 Å². The number of aromatic nitrogens is 2. The molecule has 1 unspecified atom stereocenters. The third-order valence-corrected chi connectivity index (χ3v) is 5.29. The fourth-order valence-corrected chi connectivity index (χ4v) is 3.67. The Bertz CT molecular complexity index is 1200. The first-order valence-electron chi connectivity index (χ1n) is 10.7. The van der Waals surface area contributed by atoms with Crippen LogP contribution in [0.3, 0.4) is 0 Å². The molecule has 0 saturated carbocycles. The number of para-hydroxylation sites is 1. The second-order valence-electron chi connectivity index (χ2n) is 7.80. The number of benzene rings is 2. The minimum absolute atomic E-state index is 0.0514. The highest BCUT2D eigenvalue weighted by Gasteiger charge is 2.35. The minimum atomic E-state index is -4.71. The molecular weight excluding hydrogens is 467 g/mol. The van der Waals surface area contributed by atoms with Gasteiger partial charge in [0.2, 0.25) is 11.7 Å². The lowest BCUT2D eigenvalue weighted by Gasteiger charge is -2.33. The van der Waals surface area contributed by atoms with Gasteiger partial charge in [-0.25, -0.2) is 0 Å². The lowest BCUT2D eigenvalue weighted by Crippen LogP contribution is -2.50. The smallest absolute Gasteiger partial charge is 0.418 e. The van der Waals surface area contributed by atoms with Crippen LogP contribution < -0.4 is 15.4 Å². The van der Waals surface area contributed by atoms with Crippen molar-refractivity contribution < 1.29 is 32.0 Å². The highest BCUT2D eigenvalue weighted by Crippen LogP contribution is 2.37. The molecule has 2 N–H and O–H groups in total. The van der Waals surface area contributed by atoms with Gasteiger partial charge in [0.1, 0.15) is 11.8 Å². The Kier molecular flexibility index (Phi) is 7.01. The van der Waals surface area contributed by atoms with Gasteiger partial charge in [0.25, 0.3) is 11.8 Å². The number of anilines is 1. The molecule has 1 aromatic heterocycles. The zero-order valence-electron chi connectivity index (χ0n) is 18.6. The topological polar surface area (TPSA) is 110 Å². The number of carbonyl (C=O) groups excluding carboxylic acids is 2. The number of nitrogens with zero attached hydrogens (tertiary/aromatic N) is 3. The lowest BCUT2D eigenvalue weighted by atomic mass is 10.1. The molecule has 184 valence electrons. The lowest BCUT2D eigenvalue weighted by molar-refractivity contribution is -0.138. The largest absolute Gasteiger partial charge is 0.484 e. The first-order chi connectivity index (χ1) is 16.7. The van der Waals surface area contributed by atoms with E-state index in [2.05, 4.69) is 20.8 Å². The monoisotopic (exact) mass is 489 g/mol. The Morgan fingerprint density at radius 3 is 2.71 bits per heavy atom. The molecule has 0 aliphatic carbocycles. The summed E-state index contributed by atoms with van der Waals surface area (Å²) in [7, 11) is 0. The van der Waals surface area contributed by atoms with Crippen molar-refractivity contribution in [1.29, 1.82) is 0 Å². The first kappa shape index (κ1) is 24.2. The molecule has 0 radical (unpaired) electrons. The molecule has 1 aliphatic heterocycles. The summed E-state index contributed by atoms with van der Waals surface area (Å²) in [6.07, 6.45) is -4.71. The summed E-state index contributed by atoms with van der Waals surface area (Å²) in [5.41, 5.74) is -1.36. The molecule has 1 atom stereocenters. The number of piperazine rings is 1. The van der Waals surface area contributed by atoms with Crippen molar-refractivity contribution in [3.8, 4) is 17.1 Å². The van der Waals surface area contributed by atoms with Crippen molar-refractivity contribution in [2.75, 3.05) is 31.6 Å². The third kappa shape index (κ3) is 5.77. The molecule has 2 heterocycles. The van der Waals surface area contributed by atoms with E-state index in [0.29, 0.717) is 25.4 Å². The van der Waals surface area contributed by atoms with Gasteiger partial charge in [-0.2, -0.15) is 18.2 Å². The van der Waals surface area contributed by atoms with Crippen LogP contribution in [0.2, 0.25) is 0 Å². The van der Waals surface area contributed by atoms with Gasteiger partial charge in [0.05, 0.1) is 11.3 Å². The second kappa shape index (κ2) is 10.1. The Labute approximate surface area is 198 Å². The van der Waals surface area contributed by atoms with E-state index >= 15 is 0 Å². The van der Waals surface area contributed by atoms with Crippen LogP contribution in [0.4, 0.5) is 18.9 Å². The normalized spacial score (nSPS) is 16.1. The molecule has 3 aromatic rings. The summed E-state index contributed by atoms with van der Waals surface area (Å²) in [4.78, 5) is 29.9. The average Bonchev–Trinajstić information content (AvgIpc) is 3.32. The fraction of sp³-hybridized carbons (Fsp3) is 0.304. The first-order valence-corrected chi connectivity index (χ1v) is 10.7. The summed E-state index contributed by atoms with van der Waals surface area (Å²) < 4.78 is 51.5. The number of rotatable bonds is 6. The van der Waals surface area contributed by atoms with Gasteiger partial charge in [-0.05, 0) is 30.3 Å². The molecule has 12 heteroatoms. The molecule has 35 heavy (non-hydrogen) atoms. The van der Waals surface area contributed by atoms with Gasteiger partial charge >= 0.3 is 6.18 Å². The molecule has 1 aliphatic rings. The molecule has 4 rings (SSSR count). The number of alkyl halides is 3. The van der Waals surface area contributed by atoms with Crippen LogP contribution in [-0.2, 0) is 15.8 Å². The zero-order chi connectivity index (χ0) is 25.0. The maximum absolute atomic E-state index is 13.5. The van der Waals surface area contributed by atoms with Crippen LogP contribution in [0.25, 0.3) is 11.4 Å². The molecule has 0 spiro atoms. The number of hydrogen-bond acceptors (Lipinski definition) is 7. The van der Waals surface area contributed by atoms with Crippen LogP contribution in [0.5, 0.6) is 5.75 Å². The van der Waals surface area contributed by atoms with Gasteiger partial charge in [0.15, 0.2) is 6.61 Å². The maximum Gasteiger partial charge on any atom is 0.418 e. The van der Waals surface area contributed by atoms with Gasteiger partial charge in [-0.15, -0.1) is 0 Å². The van der Waals surface area contributed by atoms with Gasteiger partial charge in [-0.1, -0.05) is 23.4 Å². The highest BCUT2D eigenvalue weighted by molar-refractivity contribution is 5.90. The van der Waals surface area contributed by atoms with Crippen molar-refractivity contribution in [2.45, 2.75) is 19.1 Å². The maximum atomic E-state index is 13.5. The quantitative estimate of drug-likeness (QED) is 0.547. The molecule has 2 aromatic carbocycles. The van der Waals surface area contributed by atoms with Gasteiger partial charge in [0, 0.05) is 32.1 Å². The molecule has 1 fully saturated rings. The van der Waals surface area contributed by atoms with E-state index in [1.54, 1.807) is 24.3 Å². The minimum Gasteiger partial charge on any atom is -0.484 e. The number of amides is 2. The zero-order valence-corrected chi connectivity index (χ0v) is 18.6. The highest BCUT2D eigenvalue weighted by atomic mass is 19.4. The van der Waals surface area contributed by atoms with Crippen LogP contribution in [-0.4, -0.2) is 53.1 Å². The van der Waals surface area contributed by atoms with E-state index in [4.69, 9.17) is 9.26 Å². The molecular formula is C23H22F3N5O4. The predicted octanol–water partition coefficient (Wildman–Crippen LogP) is 3.27. The Morgan fingerprint density at radius 2 is 2.00 bits per heavy atom. The number of hydrogen-bond donors (Lipinski definition) is 2. The van der Waals surface area contributed by atoms with Gasteiger partial charge < -0.3 is 24.8 Å². The van der Waals surface area contributed by atoms with E-state index in [1.165, 1.54) is 11.0 Å². The van der Waals surface area contributed by atoms with E-state index in [-0.39, 0.29) is 35.5 Å². The van der Waals surface area contributed by atoms with E-state index < -0.39 is 23.7 Å². The summed E-state index contributed by atoms with van der Waals surface area (Å²) in [6, 6.07) is 11.6. The molecule has 1 saturated heterocycles. The SMILES string of the molecule is CC(=O)Nc1ccc(-c2noc(C3CNCCN3C(=O)COc3ccccc3)n2)cc1C(F)(F)F. The Morgan fingerprint density at radius 1 is 1.23 bits per heavy atom. The summed E-state index contributed by atoms with van der Waals surface area (Å²) >= 11 is 0. The number of nitrogens with one attached hydrogen (secondary N) is 2. The van der Waals surface area contributed by atoms with Gasteiger partial charge in [-0.3, -0.25) is 9.59 Å². The standard InChI is InChI=1S/C23H22F3N5O4/c1-14(32)28-18-8-7-15(11-17(18)23(24,25)26)21-29-22(35-30-21)19-12-27-9-10-31(19)20(33)13-34-16-5-3-2-4-6-16/h2-8,11,19,27H,9-10,12-13H2,1H3,(H,28,32). The molecule has 9 nitrogen and oxygen atoms in total. The Hall–Kier alpha value is -3.93. The van der Waals surface area contributed by atoms with Crippen molar-refractivity contribution in [3.63, 3.8) is 0 Å². The second-order valence-corrected chi connectivity index (χ2v) is 7.80. The summed E-state index contributed by atoms with van der Waals surface area (Å²) in [5.74, 6) is -0.357. The average molecular weight is 489 g/mol. The van der Waals surface area contributed by atoms with E-state index in [0.717, 1.165) is 19.1 Å². The van der Waals surface area contributed by atoms with Crippen molar-refractivity contribution >= 4 is 17.5 Å². The number of halogens is 3. The summed E-state index contributed by atoms with van der Waals surface area (Å²) in [6.45, 7) is 2.17. The van der Waals surface area contributed by atoms with Crippen LogP contribution in [0, 0.1) is 0 Å². The van der Waals surface area contributed by atoms with Crippen molar-refractivity contribution in [1.82, 2.24) is 20.4 Å². The summed E-state index contributed by atoms with van der Waals surface area (Å²) in [5, 5.41) is 9.14. The van der Waals surface area contributed by atoms with E-state index in [9.17, 15) is 22.8 Å². The van der Waals surface area contributed by atoms with Crippen molar-refractivity contribution in [3.05, 3.63) is 60.0 Å². The third-order valence-electron chi connectivity index (χ3n) is 5.29. The van der Waals surface area contributed by atoms with Crippen molar-refractivity contribution in [2.24, 2.45) is 0 Å². The number of carbonyl (C=O) groups is 2. The predicted molar refractivity (Wildman–Crippen MR) is 118 cm³/mol. The van der Waals surface area contributed by atoms with Crippen LogP contribution >= 0.6 is 0 Å².